The van der Waals surface area contributed by atoms with Crippen molar-refractivity contribution in [3.63, 3.8) is 0 Å². The second kappa shape index (κ2) is 5.12. The normalized spacial score (nSPS) is 9.47. The fraction of sp³-hybridized carbons (Fsp3) is 0.273. The van der Waals surface area contributed by atoms with Crippen LogP contribution >= 0.6 is 22.6 Å². The lowest BCUT2D eigenvalue weighted by atomic mass is 10.0. The maximum absolute atomic E-state index is 11.4. The first kappa shape index (κ1) is 12.0. The molecule has 0 aliphatic rings. The first-order valence-electron chi connectivity index (χ1n) is 4.44. The highest BCUT2D eigenvalue weighted by molar-refractivity contribution is 14.1. The summed E-state index contributed by atoms with van der Waals surface area (Å²) in [6.07, 6.45) is 0.704. The Morgan fingerprint density at radius 2 is 2.27 bits per heavy atom. The van der Waals surface area contributed by atoms with Crippen molar-refractivity contribution in [3.8, 4) is 6.07 Å². The van der Waals surface area contributed by atoms with Gasteiger partial charge in [0.2, 0.25) is 0 Å². The van der Waals surface area contributed by atoms with Crippen LogP contribution in [0.5, 0.6) is 0 Å². The van der Waals surface area contributed by atoms with Crippen molar-refractivity contribution in [3.05, 3.63) is 32.4 Å². The molecule has 78 valence electrons. The van der Waals surface area contributed by atoms with Crippen LogP contribution in [0.25, 0.3) is 0 Å². The summed E-state index contributed by atoms with van der Waals surface area (Å²) in [7, 11) is 1.35. The van der Waals surface area contributed by atoms with Crippen LogP contribution in [0.15, 0.2) is 12.1 Å². The van der Waals surface area contributed by atoms with Gasteiger partial charge in [0.05, 0.1) is 18.2 Å². The van der Waals surface area contributed by atoms with Gasteiger partial charge >= 0.3 is 5.97 Å². The Morgan fingerprint density at radius 1 is 1.60 bits per heavy atom. The molecule has 15 heavy (non-hydrogen) atoms. The van der Waals surface area contributed by atoms with E-state index >= 15 is 0 Å². The van der Waals surface area contributed by atoms with E-state index in [0.29, 0.717) is 17.5 Å². The van der Waals surface area contributed by atoms with Crippen LogP contribution in [0.4, 0.5) is 0 Å². The van der Waals surface area contributed by atoms with Crippen molar-refractivity contribution in [1.29, 1.82) is 5.26 Å². The quantitative estimate of drug-likeness (QED) is 0.622. The van der Waals surface area contributed by atoms with Crippen LogP contribution in [0.2, 0.25) is 0 Å². The van der Waals surface area contributed by atoms with Gasteiger partial charge in [-0.3, -0.25) is 0 Å². The molecule has 0 unspecified atom stereocenters. The van der Waals surface area contributed by atoms with Gasteiger partial charge in [0.1, 0.15) is 6.07 Å². The van der Waals surface area contributed by atoms with Gasteiger partial charge in [0.15, 0.2) is 0 Å². The number of methoxy groups -OCH3 is 1. The van der Waals surface area contributed by atoms with E-state index in [1.54, 1.807) is 12.1 Å². The summed E-state index contributed by atoms with van der Waals surface area (Å²) in [5, 5.41) is 8.85. The van der Waals surface area contributed by atoms with Crippen molar-refractivity contribution in [2.75, 3.05) is 7.11 Å². The van der Waals surface area contributed by atoms with Gasteiger partial charge in [0, 0.05) is 3.57 Å². The molecule has 1 aromatic rings. The zero-order valence-electron chi connectivity index (χ0n) is 8.50. The predicted molar refractivity (Wildman–Crippen MR) is 64.6 cm³/mol. The summed E-state index contributed by atoms with van der Waals surface area (Å²) in [5.41, 5.74) is 1.99. The standard InChI is InChI=1S/C11H10INO2/c1-3-7-4-8(6-13)10(12)5-9(7)11(14)15-2/h4-5H,3H2,1-2H3. The minimum absolute atomic E-state index is 0.353. The fourth-order valence-corrected chi connectivity index (χ4v) is 1.88. The summed E-state index contributed by atoms with van der Waals surface area (Å²) < 4.78 is 5.45. The highest BCUT2D eigenvalue weighted by atomic mass is 127. The number of rotatable bonds is 2. The number of carbonyl (C=O) groups excluding carboxylic acids is 1. The van der Waals surface area contributed by atoms with Gasteiger partial charge in [0.25, 0.3) is 0 Å². The predicted octanol–water partition coefficient (Wildman–Crippen LogP) is 2.51. The number of hydrogen-bond acceptors (Lipinski definition) is 3. The van der Waals surface area contributed by atoms with Crippen LogP contribution in [-0.2, 0) is 11.2 Å². The second-order valence-corrected chi connectivity index (χ2v) is 4.11. The Kier molecular flexibility index (Phi) is 4.09. The van der Waals surface area contributed by atoms with Crippen molar-refractivity contribution in [2.45, 2.75) is 13.3 Å². The number of esters is 1. The van der Waals surface area contributed by atoms with E-state index in [1.165, 1.54) is 7.11 Å². The van der Waals surface area contributed by atoms with Gasteiger partial charge < -0.3 is 4.74 Å². The zero-order chi connectivity index (χ0) is 11.4. The molecule has 0 bridgehead atoms. The SMILES string of the molecule is CCc1cc(C#N)c(I)cc1C(=O)OC. The third-order valence-electron chi connectivity index (χ3n) is 2.10. The van der Waals surface area contributed by atoms with Crippen LogP contribution in [0.1, 0.15) is 28.4 Å². The second-order valence-electron chi connectivity index (χ2n) is 2.95. The lowest BCUT2D eigenvalue weighted by Crippen LogP contribution is -2.06. The summed E-state index contributed by atoms with van der Waals surface area (Å²) in [5.74, 6) is -0.353. The monoisotopic (exact) mass is 315 g/mol. The Labute approximate surface area is 102 Å². The van der Waals surface area contributed by atoms with Gasteiger partial charge in [-0.25, -0.2) is 4.79 Å². The number of nitriles is 1. The van der Waals surface area contributed by atoms with Crippen molar-refractivity contribution >= 4 is 28.6 Å². The molecule has 1 rings (SSSR count). The molecule has 0 N–H and O–H groups in total. The molecule has 1 aromatic carbocycles. The molecule has 4 heteroatoms. The van der Waals surface area contributed by atoms with Gasteiger partial charge in [-0.1, -0.05) is 6.92 Å². The topological polar surface area (TPSA) is 50.1 Å². The number of benzene rings is 1. The lowest BCUT2D eigenvalue weighted by Gasteiger charge is -2.07. The molecular weight excluding hydrogens is 305 g/mol. The van der Waals surface area contributed by atoms with Gasteiger partial charge in [-0.15, -0.1) is 0 Å². The molecule has 0 aliphatic carbocycles. The fourth-order valence-electron chi connectivity index (χ4n) is 1.30. The molecule has 0 fully saturated rings. The van der Waals surface area contributed by atoms with Crippen molar-refractivity contribution in [1.82, 2.24) is 0 Å². The molecule has 0 amide bonds. The van der Waals surface area contributed by atoms with E-state index in [-0.39, 0.29) is 5.97 Å². The van der Waals surface area contributed by atoms with Crippen LogP contribution in [0, 0.1) is 14.9 Å². The number of ether oxygens (including phenoxy) is 1. The molecule has 0 saturated heterocycles. The van der Waals surface area contributed by atoms with E-state index in [2.05, 4.69) is 10.8 Å². The Bertz CT molecular complexity index is 435. The Morgan fingerprint density at radius 3 is 2.73 bits per heavy atom. The molecule has 3 nitrogen and oxygen atoms in total. The van der Waals surface area contributed by atoms with Crippen LogP contribution in [0.3, 0.4) is 0 Å². The first-order valence-corrected chi connectivity index (χ1v) is 5.52. The largest absolute Gasteiger partial charge is 0.465 e. The van der Waals surface area contributed by atoms with E-state index < -0.39 is 0 Å². The number of nitrogens with zero attached hydrogens (tertiary/aromatic N) is 1. The number of carbonyl (C=O) groups is 1. The Balaban J connectivity index is 3.35. The molecule has 0 atom stereocenters. The maximum Gasteiger partial charge on any atom is 0.338 e. The molecular formula is C11H10INO2. The van der Waals surface area contributed by atoms with Gasteiger partial charge in [-0.2, -0.15) is 5.26 Å². The molecule has 0 saturated carbocycles. The third-order valence-corrected chi connectivity index (χ3v) is 2.99. The van der Waals surface area contributed by atoms with Crippen molar-refractivity contribution in [2.24, 2.45) is 0 Å². The van der Waals surface area contributed by atoms with E-state index in [4.69, 9.17) is 5.26 Å². The molecule has 0 heterocycles. The summed E-state index contributed by atoms with van der Waals surface area (Å²) in [4.78, 5) is 11.4. The van der Waals surface area contributed by atoms with Crippen LogP contribution in [-0.4, -0.2) is 13.1 Å². The van der Waals surface area contributed by atoms with Crippen molar-refractivity contribution < 1.29 is 9.53 Å². The van der Waals surface area contributed by atoms with E-state index in [9.17, 15) is 4.79 Å². The van der Waals surface area contributed by atoms with Gasteiger partial charge in [-0.05, 0) is 46.7 Å². The molecule has 0 aromatic heterocycles. The average molecular weight is 315 g/mol. The minimum Gasteiger partial charge on any atom is -0.465 e. The van der Waals surface area contributed by atoms with E-state index in [1.807, 2.05) is 29.5 Å². The number of hydrogen-bond donors (Lipinski definition) is 0. The molecule has 0 aliphatic heterocycles. The third kappa shape index (κ3) is 2.48. The summed E-state index contributed by atoms with van der Waals surface area (Å²) >= 11 is 2.04. The Hall–Kier alpha value is -1.09. The maximum atomic E-state index is 11.4. The average Bonchev–Trinajstić information content (AvgIpc) is 2.27. The zero-order valence-corrected chi connectivity index (χ0v) is 10.7. The lowest BCUT2D eigenvalue weighted by molar-refractivity contribution is 0.0599. The summed E-state index contributed by atoms with van der Waals surface area (Å²) in [6.45, 7) is 1.94. The minimum atomic E-state index is -0.353. The molecule has 0 spiro atoms. The number of halogens is 1. The van der Waals surface area contributed by atoms with Crippen LogP contribution < -0.4 is 0 Å². The van der Waals surface area contributed by atoms with E-state index in [0.717, 1.165) is 9.13 Å². The number of aryl methyl sites for hydroxylation is 1. The smallest absolute Gasteiger partial charge is 0.338 e. The summed E-state index contributed by atoms with van der Waals surface area (Å²) in [6, 6.07) is 5.54. The molecule has 0 radical (unpaired) electrons. The first-order chi connectivity index (χ1) is 7.13. The highest BCUT2D eigenvalue weighted by Gasteiger charge is 2.13. The highest BCUT2D eigenvalue weighted by Crippen LogP contribution is 2.19.